The van der Waals surface area contributed by atoms with Gasteiger partial charge in [-0.3, -0.25) is 0 Å². The highest BCUT2D eigenvalue weighted by molar-refractivity contribution is 6.99. The topological polar surface area (TPSA) is 29.0 Å². The van der Waals surface area contributed by atoms with E-state index in [4.69, 9.17) is 11.6 Å². The van der Waals surface area contributed by atoms with E-state index >= 15 is 0 Å². The third-order valence-electron chi connectivity index (χ3n) is 3.39. The van der Waals surface area contributed by atoms with Crippen molar-refractivity contribution in [3.8, 4) is 0 Å². The van der Waals surface area contributed by atoms with E-state index in [1.807, 2.05) is 0 Å². The Morgan fingerprint density at radius 3 is 3.00 bits per heavy atom. The second kappa shape index (κ2) is 3.43. The Morgan fingerprint density at radius 1 is 1.36 bits per heavy atom. The number of aromatic nitrogens is 2. The van der Waals surface area contributed by atoms with Crippen molar-refractivity contribution < 1.29 is 0 Å². The molecule has 0 amide bonds. The average Bonchev–Trinajstić information content (AvgIpc) is 2.71. The van der Waals surface area contributed by atoms with Crippen LogP contribution in [0.25, 0.3) is 0 Å². The van der Waals surface area contributed by atoms with E-state index in [9.17, 15) is 0 Å². The van der Waals surface area contributed by atoms with Crippen LogP contribution in [0.2, 0.25) is 5.15 Å². The van der Waals surface area contributed by atoms with Crippen LogP contribution in [0.15, 0.2) is 0 Å². The van der Waals surface area contributed by atoms with Crippen LogP contribution in [-0.4, -0.2) is 33.3 Å². The third kappa shape index (κ3) is 1.36. The number of rotatable bonds is 1. The van der Waals surface area contributed by atoms with Crippen molar-refractivity contribution in [2.75, 3.05) is 19.6 Å². The fourth-order valence-corrected chi connectivity index (χ4v) is 3.57. The lowest BCUT2D eigenvalue weighted by molar-refractivity contribution is 0.269. The van der Waals surface area contributed by atoms with Crippen LogP contribution in [0.1, 0.15) is 24.5 Å². The molecule has 2 saturated heterocycles. The zero-order chi connectivity index (χ0) is 9.54. The number of halogens is 1. The molecule has 3 nitrogen and oxygen atoms in total. The van der Waals surface area contributed by atoms with Crippen molar-refractivity contribution >= 4 is 23.3 Å². The first-order chi connectivity index (χ1) is 6.84. The fraction of sp³-hybridized carbons (Fsp3) is 0.778. The van der Waals surface area contributed by atoms with Crippen LogP contribution in [0.5, 0.6) is 0 Å². The summed E-state index contributed by atoms with van der Waals surface area (Å²) in [6, 6.07) is 0. The van der Waals surface area contributed by atoms with Gasteiger partial charge in [-0.2, -0.15) is 8.75 Å². The molecular formula is C9H12ClN3S. The minimum Gasteiger partial charge on any atom is -0.302 e. The number of fused-ring (bicyclic) bond motifs is 2. The van der Waals surface area contributed by atoms with Crippen LogP contribution < -0.4 is 0 Å². The summed E-state index contributed by atoms with van der Waals surface area (Å²) in [6.07, 6.45) is 2.66. The van der Waals surface area contributed by atoms with Gasteiger partial charge in [0, 0.05) is 19.0 Å². The van der Waals surface area contributed by atoms with Gasteiger partial charge in [-0.1, -0.05) is 11.6 Å². The first-order valence-electron chi connectivity index (χ1n) is 5.05. The Bertz CT molecular complexity index is 341. The smallest absolute Gasteiger partial charge is 0.166 e. The molecule has 0 N–H and O–H groups in total. The zero-order valence-electron chi connectivity index (χ0n) is 7.82. The molecule has 3 rings (SSSR count). The van der Waals surface area contributed by atoms with Crippen LogP contribution in [0.4, 0.5) is 0 Å². The molecule has 2 aliphatic heterocycles. The van der Waals surface area contributed by atoms with Crippen molar-refractivity contribution in [3.05, 3.63) is 10.8 Å². The number of hydrogen-bond donors (Lipinski definition) is 0. The molecule has 0 aromatic carbocycles. The van der Waals surface area contributed by atoms with Gasteiger partial charge in [-0.25, -0.2) is 0 Å². The predicted molar refractivity (Wildman–Crippen MR) is 56.8 cm³/mol. The van der Waals surface area contributed by atoms with Gasteiger partial charge in [-0.05, 0) is 25.3 Å². The summed E-state index contributed by atoms with van der Waals surface area (Å²) < 4.78 is 8.38. The molecule has 5 heteroatoms. The molecule has 0 spiro atoms. The largest absolute Gasteiger partial charge is 0.302 e. The average molecular weight is 230 g/mol. The maximum absolute atomic E-state index is 6.03. The fourth-order valence-electron chi connectivity index (χ4n) is 2.73. The number of piperidine rings is 1. The summed E-state index contributed by atoms with van der Waals surface area (Å²) in [5.41, 5.74) is 1.05. The molecule has 2 bridgehead atoms. The predicted octanol–water partition coefficient (Wildman–Crippen LogP) is 2.00. The highest BCUT2D eigenvalue weighted by Crippen LogP contribution is 2.40. The first kappa shape index (κ1) is 9.07. The molecule has 2 aliphatic rings. The quantitative estimate of drug-likeness (QED) is 0.738. The van der Waals surface area contributed by atoms with E-state index in [2.05, 4.69) is 13.6 Å². The standard InChI is InChI=1S/C9H12ClN3S/c10-9-8(11-14-12-9)7-5-13-3-1-2-6(7)4-13/h6-7H,1-5H2/t6-,7+/m1/s1. The highest BCUT2D eigenvalue weighted by Gasteiger charge is 2.38. The molecule has 1 aromatic heterocycles. The van der Waals surface area contributed by atoms with Crippen LogP contribution >= 0.6 is 23.3 Å². The summed E-state index contributed by atoms with van der Waals surface area (Å²) in [7, 11) is 0. The molecule has 1 aromatic rings. The lowest BCUT2D eigenvalue weighted by Gasteiger charge is -2.21. The van der Waals surface area contributed by atoms with Crippen molar-refractivity contribution in [1.29, 1.82) is 0 Å². The summed E-state index contributed by atoms with van der Waals surface area (Å²) in [6.45, 7) is 3.62. The van der Waals surface area contributed by atoms with E-state index in [1.165, 1.54) is 37.7 Å². The van der Waals surface area contributed by atoms with E-state index < -0.39 is 0 Å². The summed E-state index contributed by atoms with van der Waals surface area (Å²) in [5.74, 6) is 1.31. The molecule has 76 valence electrons. The summed E-state index contributed by atoms with van der Waals surface area (Å²) in [4.78, 5) is 2.52. The second-order valence-electron chi connectivity index (χ2n) is 4.21. The maximum Gasteiger partial charge on any atom is 0.166 e. The van der Waals surface area contributed by atoms with Crippen LogP contribution in [-0.2, 0) is 0 Å². The van der Waals surface area contributed by atoms with E-state index in [0.29, 0.717) is 11.1 Å². The molecule has 0 aliphatic carbocycles. The SMILES string of the molecule is Clc1nsnc1[C@H]1CN2CCC[C@@H]1C2. The number of hydrogen-bond acceptors (Lipinski definition) is 4. The lowest BCUT2D eigenvalue weighted by atomic mass is 9.89. The van der Waals surface area contributed by atoms with Gasteiger partial charge in [0.1, 0.15) is 0 Å². The van der Waals surface area contributed by atoms with E-state index in [1.54, 1.807) is 0 Å². The van der Waals surface area contributed by atoms with E-state index in [0.717, 1.165) is 18.2 Å². The van der Waals surface area contributed by atoms with Crippen molar-refractivity contribution in [1.82, 2.24) is 13.6 Å². The Hall–Kier alpha value is -0.190. The lowest BCUT2D eigenvalue weighted by Crippen LogP contribution is -2.25. The molecule has 0 radical (unpaired) electrons. The second-order valence-corrected chi connectivity index (χ2v) is 5.10. The van der Waals surface area contributed by atoms with Gasteiger partial charge in [0.2, 0.25) is 0 Å². The van der Waals surface area contributed by atoms with Gasteiger partial charge in [-0.15, -0.1) is 0 Å². The normalized spacial score (nSPS) is 36.2. The van der Waals surface area contributed by atoms with Gasteiger partial charge < -0.3 is 4.90 Å². The van der Waals surface area contributed by atoms with Crippen molar-refractivity contribution in [2.45, 2.75) is 18.8 Å². The van der Waals surface area contributed by atoms with Crippen LogP contribution in [0, 0.1) is 5.92 Å². The minimum atomic E-state index is 0.545. The Kier molecular flexibility index (Phi) is 2.22. The molecular weight excluding hydrogens is 218 g/mol. The third-order valence-corrected chi connectivity index (χ3v) is 4.31. The minimum absolute atomic E-state index is 0.545. The van der Waals surface area contributed by atoms with Gasteiger partial charge in [0.25, 0.3) is 0 Å². The van der Waals surface area contributed by atoms with Crippen molar-refractivity contribution in [2.24, 2.45) is 5.92 Å². The van der Waals surface area contributed by atoms with Gasteiger partial charge in [0.05, 0.1) is 17.4 Å². The Morgan fingerprint density at radius 2 is 2.29 bits per heavy atom. The molecule has 2 fully saturated rings. The van der Waals surface area contributed by atoms with Crippen LogP contribution in [0.3, 0.4) is 0 Å². The first-order valence-corrected chi connectivity index (χ1v) is 6.16. The molecule has 0 saturated carbocycles. The number of nitrogens with zero attached hydrogens (tertiary/aromatic N) is 3. The summed E-state index contributed by atoms with van der Waals surface area (Å²) in [5, 5.41) is 0.633. The monoisotopic (exact) mass is 229 g/mol. The summed E-state index contributed by atoms with van der Waals surface area (Å²) >= 11 is 7.27. The Balaban J connectivity index is 1.89. The van der Waals surface area contributed by atoms with Gasteiger partial charge >= 0.3 is 0 Å². The van der Waals surface area contributed by atoms with Crippen molar-refractivity contribution in [3.63, 3.8) is 0 Å². The Labute approximate surface area is 92.4 Å². The molecule has 3 heterocycles. The molecule has 1 unspecified atom stereocenters. The zero-order valence-corrected chi connectivity index (χ0v) is 9.39. The molecule has 3 atom stereocenters. The maximum atomic E-state index is 6.03. The van der Waals surface area contributed by atoms with Gasteiger partial charge in [0.15, 0.2) is 5.15 Å². The highest BCUT2D eigenvalue weighted by atomic mass is 35.5. The van der Waals surface area contributed by atoms with E-state index in [-0.39, 0.29) is 0 Å². The molecule has 14 heavy (non-hydrogen) atoms.